The second kappa shape index (κ2) is 3.73. The highest BCUT2D eigenvalue weighted by molar-refractivity contribution is 7.87. The second-order valence-electron chi connectivity index (χ2n) is 2.45. The van der Waals surface area contributed by atoms with Crippen LogP contribution in [0.5, 0.6) is 0 Å². The molecule has 0 saturated heterocycles. The van der Waals surface area contributed by atoms with Gasteiger partial charge in [0.05, 0.1) is 5.69 Å². The van der Waals surface area contributed by atoms with Gasteiger partial charge in [0.15, 0.2) is 0 Å². The molecule has 0 aliphatic carbocycles. The second-order valence-corrected chi connectivity index (χ2v) is 3.61. The molecule has 0 atom stereocenters. The van der Waals surface area contributed by atoms with Crippen LogP contribution in [0.1, 0.15) is 5.56 Å². The van der Waals surface area contributed by atoms with E-state index in [0.717, 1.165) is 5.56 Å². The smallest absolute Gasteiger partial charge is 0.269 e. The molecular weight excluding hydrogens is 192 g/mol. The van der Waals surface area contributed by atoms with Gasteiger partial charge in [-0.15, -0.1) is 0 Å². The SMILES string of the molecule is [NH]Cc1ccc(NS(=O)(=O)O)cc1. The normalized spacial score (nSPS) is 11.2. The molecule has 0 aliphatic rings. The summed E-state index contributed by atoms with van der Waals surface area (Å²) in [6.07, 6.45) is 0. The van der Waals surface area contributed by atoms with Crippen molar-refractivity contribution in [2.45, 2.75) is 6.54 Å². The first-order valence-corrected chi connectivity index (χ1v) is 4.94. The van der Waals surface area contributed by atoms with Crippen molar-refractivity contribution < 1.29 is 13.0 Å². The van der Waals surface area contributed by atoms with Gasteiger partial charge in [-0.3, -0.25) is 15.0 Å². The van der Waals surface area contributed by atoms with E-state index in [0.29, 0.717) is 0 Å². The number of rotatable bonds is 3. The number of anilines is 1. The molecule has 1 radical (unpaired) electrons. The number of hydrogen-bond acceptors (Lipinski definition) is 2. The third-order valence-electron chi connectivity index (χ3n) is 1.40. The maximum Gasteiger partial charge on any atom is 0.357 e. The zero-order chi connectivity index (χ0) is 9.90. The molecule has 6 heteroatoms. The van der Waals surface area contributed by atoms with Crippen LogP contribution in [0.15, 0.2) is 24.3 Å². The molecule has 1 aromatic carbocycles. The minimum absolute atomic E-state index is 0.145. The average molecular weight is 201 g/mol. The van der Waals surface area contributed by atoms with Crippen molar-refractivity contribution in [1.29, 1.82) is 0 Å². The van der Waals surface area contributed by atoms with Crippen molar-refractivity contribution in [3.63, 3.8) is 0 Å². The molecule has 0 heterocycles. The molecular formula is C7H9N2O3S. The van der Waals surface area contributed by atoms with Crippen LogP contribution in [0.4, 0.5) is 5.69 Å². The van der Waals surface area contributed by atoms with Crippen molar-refractivity contribution in [2.75, 3.05) is 4.72 Å². The summed E-state index contributed by atoms with van der Waals surface area (Å²) in [5.74, 6) is 0. The van der Waals surface area contributed by atoms with Gasteiger partial charge in [0, 0.05) is 6.54 Å². The van der Waals surface area contributed by atoms with Crippen LogP contribution in [0, 0.1) is 0 Å². The summed E-state index contributed by atoms with van der Waals surface area (Å²) in [6, 6.07) is 6.19. The highest BCUT2D eigenvalue weighted by Gasteiger charge is 2.02. The molecule has 13 heavy (non-hydrogen) atoms. The van der Waals surface area contributed by atoms with E-state index in [1.54, 1.807) is 12.1 Å². The van der Waals surface area contributed by atoms with E-state index in [1.807, 2.05) is 4.72 Å². The lowest BCUT2D eigenvalue weighted by Crippen LogP contribution is -2.10. The van der Waals surface area contributed by atoms with Gasteiger partial charge in [0.1, 0.15) is 0 Å². The summed E-state index contributed by atoms with van der Waals surface area (Å²) < 4.78 is 31.0. The van der Waals surface area contributed by atoms with E-state index in [4.69, 9.17) is 10.3 Å². The lowest BCUT2D eigenvalue weighted by Gasteiger charge is -2.02. The van der Waals surface area contributed by atoms with E-state index >= 15 is 0 Å². The molecule has 0 bridgehead atoms. The highest BCUT2D eigenvalue weighted by Crippen LogP contribution is 2.10. The molecule has 1 rings (SSSR count). The lowest BCUT2D eigenvalue weighted by atomic mass is 10.2. The summed E-state index contributed by atoms with van der Waals surface area (Å²) in [5.41, 5.74) is 8.06. The number of nitrogens with one attached hydrogen (secondary N) is 2. The first kappa shape index (κ1) is 9.97. The van der Waals surface area contributed by atoms with Crippen LogP contribution in [-0.2, 0) is 16.8 Å². The monoisotopic (exact) mass is 201 g/mol. The minimum atomic E-state index is -4.19. The molecule has 0 saturated carbocycles. The van der Waals surface area contributed by atoms with Crippen LogP contribution in [0.3, 0.4) is 0 Å². The Morgan fingerprint density at radius 1 is 1.31 bits per heavy atom. The van der Waals surface area contributed by atoms with Gasteiger partial charge in [-0.2, -0.15) is 8.42 Å². The summed E-state index contributed by atoms with van der Waals surface area (Å²) in [4.78, 5) is 0. The predicted molar refractivity (Wildman–Crippen MR) is 48.4 cm³/mol. The summed E-state index contributed by atoms with van der Waals surface area (Å²) in [5, 5.41) is 0. The molecule has 71 valence electrons. The Labute approximate surface area is 76.5 Å². The Kier molecular flexibility index (Phi) is 2.86. The van der Waals surface area contributed by atoms with Gasteiger partial charge in [-0.1, -0.05) is 12.1 Å². The van der Waals surface area contributed by atoms with E-state index in [-0.39, 0.29) is 12.2 Å². The molecule has 0 fully saturated rings. The molecule has 0 aromatic heterocycles. The van der Waals surface area contributed by atoms with Crippen LogP contribution in [0.25, 0.3) is 0 Å². The molecule has 1 aromatic rings. The Morgan fingerprint density at radius 2 is 1.85 bits per heavy atom. The zero-order valence-electron chi connectivity index (χ0n) is 6.69. The Balaban J connectivity index is 2.81. The predicted octanol–water partition coefficient (Wildman–Crippen LogP) is 0.684. The zero-order valence-corrected chi connectivity index (χ0v) is 7.50. The standard InChI is InChI=1S/C7H9N2O3S/c8-5-6-1-3-7(4-2-6)9-13(10,11)12/h1-4,8-9H,5H2,(H,10,11,12). The Bertz CT molecular complexity index is 371. The summed E-state index contributed by atoms with van der Waals surface area (Å²) >= 11 is 0. The van der Waals surface area contributed by atoms with E-state index < -0.39 is 10.3 Å². The maximum absolute atomic E-state index is 10.4. The summed E-state index contributed by atoms with van der Waals surface area (Å²) in [6.45, 7) is 0.145. The van der Waals surface area contributed by atoms with Gasteiger partial charge in [0.2, 0.25) is 0 Å². The van der Waals surface area contributed by atoms with Gasteiger partial charge in [-0.05, 0) is 17.7 Å². The molecule has 5 nitrogen and oxygen atoms in total. The maximum atomic E-state index is 10.4. The van der Waals surface area contributed by atoms with E-state index in [9.17, 15) is 8.42 Å². The third-order valence-corrected chi connectivity index (χ3v) is 1.90. The largest absolute Gasteiger partial charge is 0.357 e. The Hall–Kier alpha value is -1.11. The molecule has 0 spiro atoms. The molecule has 3 N–H and O–H groups in total. The highest BCUT2D eigenvalue weighted by atomic mass is 32.2. The summed E-state index contributed by atoms with van der Waals surface area (Å²) in [7, 11) is -4.19. The van der Waals surface area contributed by atoms with E-state index in [1.165, 1.54) is 12.1 Å². The van der Waals surface area contributed by atoms with Crippen molar-refractivity contribution in [3.8, 4) is 0 Å². The molecule has 0 unspecified atom stereocenters. The number of benzene rings is 1. The fourth-order valence-electron chi connectivity index (χ4n) is 0.840. The van der Waals surface area contributed by atoms with Crippen LogP contribution >= 0.6 is 0 Å². The van der Waals surface area contributed by atoms with Gasteiger partial charge >= 0.3 is 10.3 Å². The molecule has 0 aliphatic heterocycles. The number of hydrogen-bond donors (Lipinski definition) is 2. The molecule has 0 amide bonds. The van der Waals surface area contributed by atoms with Crippen molar-refractivity contribution in [3.05, 3.63) is 29.8 Å². The van der Waals surface area contributed by atoms with Crippen LogP contribution in [0.2, 0.25) is 0 Å². The van der Waals surface area contributed by atoms with Crippen molar-refractivity contribution in [2.24, 2.45) is 0 Å². The first-order chi connectivity index (χ1) is 6.01. The van der Waals surface area contributed by atoms with E-state index in [2.05, 4.69) is 0 Å². The van der Waals surface area contributed by atoms with Gasteiger partial charge in [-0.25, -0.2) is 0 Å². The van der Waals surface area contributed by atoms with Crippen LogP contribution in [-0.4, -0.2) is 13.0 Å². The lowest BCUT2D eigenvalue weighted by molar-refractivity contribution is 0.489. The Morgan fingerprint density at radius 3 is 2.23 bits per heavy atom. The minimum Gasteiger partial charge on any atom is -0.269 e. The van der Waals surface area contributed by atoms with Crippen LogP contribution < -0.4 is 10.5 Å². The quantitative estimate of drug-likeness (QED) is 0.705. The van der Waals surface area contributed by atoms with Gasteiger partial charge in [0.25, 0.3) is 0 Å². The van der Waals surface area contributed by atoms with Crippen molar-refractivity contribution >= 4 is 16.0 Å². The van der Waals surface area contributed by atoms with Crippen molar-refractivity contribution in [1.82, 2.24) is 5.73 Å². The fourth-order valence-corrected chi connectivity index (χ4v) is 1.27. The fraction of sp³-hybridized carbons (Fsp3) is 0.143. The topological polar surface area (TPSA) is 90.2 Å². The third kappa shape index (κ3) is 3.41. The van der Waals surface area contributed by atoms with Gasteiger partial charge < -0.3 is 0 Å². The average Bonchev–Trinajstić information content (AvgIpc) is 2.03. The first-order valence-electron chi connectivity index (χ1n) is 3.50.